The summed E-state index contributed by atoms with van der Waals surface area (Å²) < 4.78 is 5.56. The summed E-state index contributed by atoms with van der Waals surface area (Å²) >= 11 is 0. The topological polar surface area (TPSA) is 79.5 Å². The van der Waals surface area contributed by atoms with Crippen molar-refractivity contribution in [2.24, 2.45) is 0 Å². The Morgan fingerprint density at radius 2 is 1.96 bits per heavy atom. The highest BCUT2D eigenvalue weighted by molar-refractivity contribution is 5.90. The van der Waals surface area contributed by atoms with Gasteiger partial charge in [-0.3, -0.25) is 9.59 Å². The number of carbonyl (C=O) groups is 2. The Morgan fingerprint density at radius 3 is 2.70 bits per heavy atom. The predicted octanol–water partition coefficient (Wildman–Crippen LogP) is 3.35. The highest BCUT2D eigenvalue weighted by Crippen LogP contribution is 2.26. The van der Waals surface area contributed by atoms with Crippen LogP contribution >= 0.6 is 0 Å². The van der Waals surface area contributed by atoms with Crippen LogP contribution in [0.1, 0.15) is 42.4 Å². The molecule has 0 fully saturated rings. The third-order valence-corrected chi connectivity index (χ3v) is 3.83. The van der Waals surface area contributed by atoms with E-state index < -0.39 is 5.97 Å². The summed E-state index contributed by atoms with van der Waals surface area (Å²) in [6.07, 6.45) is 4.39. The van der Waals surface area contributed by atoms with Crippen LogP contribution in [0.4, 0.5) is 0 Å². The molecule has 2 rings (SSSR count). The van der Waals surface area contributed by atoms with E-state index in [1.54, 1.807) is 6.26 Å². The number of furan rings is 1. The largest absolute Gasteiger partial charge is 0.481 e. The molecule has 23 heavy (non-hydrogen) atoms. The number of benzene rings is 1. The number of nitrogens with one attached hydrogen (secondary N) is 1. The van der Waals surface area contributed by atoms with Crippen molar-refractivity contribution < 1.29 is 19.1 Å². The fraction of sp³-hybridized carbons (Fsp3) is 0.444. The first-order valence-electron chi connectivity index (χ1n) is 7.93. The van der Waals surface area contributed by atoms with E-state index in [4.69, 9.17) is 9.52 Å². The van der Waals surface area contributed by atoms with Gasteiger partial charge in [-0.25, -0.2) is 0 Å². The molecule has 0 spiro atoms. The Morgan fingerprint density at radius 1 is 1.17 bits per heavy atom. The summed E-state index contributed by atoms with van der Waals surface area (Å²) in [4.78, 5) is 22.4. The maximum Gasteiger partial charge on any atom is 0.303 e. The zero-order chi connectivity index (χ0) is 16.8. The maximum absolute atomic E-state index is 12.0. The standard InChI is InChI=1S/C18H23NO4/c1-12-8-13(2)18-14(11-23-15(18)9-12)10-16(20)19-7-5-3-4-6-17(21)22/h8-9,11H,3-7,10H2,1-2H3,(H,19,20)(H,21,22). The van der Waals surface area contributed by atoms with Gasteiger partial charge in [0.2, 0.25) is 5.91 Å². The maximum atomic E-state index is 12.0. The number of amides is 1. The number of carboxylic acids is 1. The summed E-state index contributed by atoms with van der Waals surface area (Å²) in [6, 6.07) is 4.06. The molecule has 0 aliphatic rings. The summed E-state index contributed by atoms with van der Waals surface area (Å²) in [5.41, 5.74) is 3.98. The first-order chi connectivity index (χ1) is 11.0. The van der Waals surface area contributed by atoms with Crippen LogP contribution in [0.5, 0.6) is 0 Å². The smallest absolute Gasteiger partial charge is 0.303 e. The number of rotatable bonds is 8. The van der Waals surface area contributed by atoms with Crippen molar-refractivity contribution in [2.45, 2.75) is 46.0 Å². The van der Waals surface area contributed by atoms with Gasteiger partial charge in [-0.05, 0) is 43.9 Å². The van der Waals surface area contributed by atoms with Crippen LogP contribution in [-0.4, -0.2) is 23.5 Å². The van der Waals surface area contributed by atoms with E-state index in [0.29, 0.717) is 19.4 Å². The van der Waals surface area contributed by atoms with E-state index in [0.717, 1.165) is 40.5 Å². The molecule has 1 heterocycles. The minimum Gasteiger partial charge on any atom is -0.481 e. The van der Waals surface area contributed by atoms with E-state index in [1.165, 1.54) is 0 Å². The molecule has 0 saturated heterocycles. The van der Waals surface area contributed by atoms with Crippen LogP contribution in [0, 0.1) is 13.8 Å². The van der Waals surface area contributed by atoms with Gasteiger partial charge in [-0.1, -0.05) is 12.5 Å². The van der Waals surface area contributed by atoms with Crippen molar-refractivity contribution in [1.29, 1.82) is 0 Å². The SMILES string of the molecule is Cc1cc(C)c2c(CC(=O)NCCCCCC(=O)O)coc2c1. The molecule has 5 heteroatoms. The molecule has 5 nitrogen and oxygen atoms in total. The zero-order valence-corrected chi connectivity index (χ0v) is 13.6. The van der Waals surface area contributed by atoms with Gasteiger partial charge in [0, 0.05) is 23.9 Å². The Labute approximate surface area is 135 Å². The molecule has 1 aromatic carbocycles. The molecule has 1 aromatic heterocycles. The highest BCUT2D eigenvalue weighted by atomic mass is 16.4. The lowest BCUT2D eigenvalue weighted by molar-refractivity contribution is -0.137. The summed E-state index contributed by atoms with van der Waals surface area (Å²) in [5, 5.41) is 12.4. The second-order valence-corrected chi connectivity index (χ2v) is 5.95. The number of aryl methyl sites for hydroxylation is 2. The van der Waals surface area contributed by atoms with Crippen LogP contribution in [0.2, 0.25) is 0 Å². The first-order valence-corrected chi connectivity index (χ1v) is 7.93. The first kappa shape index (κ1) is 17.1. The Kier molecular flexibility index (Phi) is 5.79. The highest BCUT2D eigenvalue weighted by Gasteiger charge is 2.12. The predicted molar refractivity (Wildman–Crippen MR) is 88.5 cm³/mol. The lowest BCUT2D eigenvalue weighted by atomic mass is 10.0. The van der Waals surface area contributed by atoms with E-state index in [1.807, 2.05) is 19.9 Å². The number of hydrogen-bond acceptors (Lipinski definition) is 3. The van der Waals surface area contributed by atoms with Crippen LogP contribution in [0.15, 0.2) is 22.8 Å². The van der Waals surface area contributed by atoms with Crippen molar-refractivity contribution in [3.8, 4) is 0 Å². The van der Waals surface area contributed by atoms with Gasteiger partial charge in [0.25, 0.3) is 0 Å². The average molecular weight is 317 g/mol. The summed E-state index contributed by atoms with van der Waals surface area (Å²) in [7, 11) is 0. The van der Waals surface area contributed by atoms with Gasteiger partial charge < -0.3 is 14.8 Å². The van der Waals surface area contributed by atoms with Crippen molar-refractivity contribution in [3.63, 3.8) is 0 Å². The zero-order valence-electron chi connectivity index (χ0n) is 13.6. The van der Waals surface area contributed by atoms with Crippen molar-refractivity contribution in [1.82, 2.24) is 5.32 Å². The van der Waals surface area contributed by atoms with Gasteiger partial charge in [0.1, 0.15) is 5.58 Å². The Balaban J connectivity index is 1.83. The molecule has 1 amide bonds. The van der Waals surface area contributed by atoms with E-state index in [9.17, 15) is 9.59 Å². The van der Waals surface area contributed by atoms with Gasteiger partial charge in [-0.2, -0.15) is 0 Å². The normalized spacial score (nSPS) is 10.9. The summed E-state index contributed by atoms with van der Waals surface area (Å²) in [5.74, 6) is -0.808. The quantitative estimate of drug-likeness (QED) is 0.732. The lowest BCUT2D eigenvalue weighted by Gasteiger charge is -2.05. The minimum atomic E-state index is -0.772. The number of hydrogen-bond donors (Lipinski definition) is 2. The minimum absolute atomic E-state index is 0.0362. The van der Waals surface area contributed by atoms with E-state index in [-0.39, 0.29) is 12.3 Å². The molecule has 0 unspecified atom stereocenters. The number of aliphatic carboxylic acids is 1. The molecule has 0 aliphatic heterocycles. The number of carboxylic acid groups (broad SMARTS) is 1. The van der Waals surface area contributed by atoms with E-state index in [2.05, 4.69) is 11.4 Å². The summed E-state index contributed by atoms with van der Waals surface area (Å²) in [6.45, 7) is 4.62. The molecule has 2 aromatic rings. The van der Waals surface area contributed by atoms with Crippen LogP contribution in [0.25, 0.3) is 11.0 Å². The van der Waals surface area contributed by atoms with Crippen molar-refractivity contribution in [2.75, 3.05) is 6.54 Å². The third kappa shape index (κ3) is 4.84. The van der Waals surface area contributed by atoms with Crippen LogP contribution < -0.4 is 5.32 Å². The Bertz CT molecular complexity index is 702. The fourth-order valence-corrected chi connectivity index (χ4v) is 2.80. The second-order valence-electron chi connectivity index (χ2n) is 5.95. The van der Waals surface area contributed by atoms with Crippen molar-refractivity contribution >= 4 is 22.8 Å². The fourth-order valence-electron chi connectivity index (χ4n) is 2.80. The molecule has 124 valence electrons. The molecule has 0 aliphatic carbocycles. The Hall–Kier alpha value is -2.30. The van der Waals surface area contributed by atoms with E-state index >= 15 is 0 Å². The third-order valence-electron chi connectivity index (χ3n) is 3.83. The van der Waals surface area contributed by atoms with Crippen LogP contribution in [-0.2, 0) is 16.0 Å². The number of carbonyl (C=O) groups excluding carboxylic acids is 1. The molecule has 0 saturated carbocycles. The molecule has 0 radical (unpaired) electrons. The molecular weight excluding hydrogens is 294 g/mol. The van der Waals surface area contributed by atoms with Gasteiger partial charge in [-0.15, -0.1) is 0 Å². The number of unbranched alkanes of at least 4 members (excludes halogenated alkanes) is 2. The lowest BCUT2D eigenvalue weighted by Crippen LogP contribution is -2.26. The molecular formula is C18H23NO4. The van der Waals surface area contributed by atoms with Gasteiger partial charge >= 0.3 is 5.97 Å². The van der Waals surface area contributed by atoms with Crippen LogP contribution in [0.3, 0.4) is 0 Å². The molecule has 0 atom stereocenters. The number of fused-ring (bicyclic) bond motifs is 1. The molecule has 0 bridgehead atoms. The van der Waals surface area contributed by atoms with Crippen molar-refractivity contribution in [3.05, 3.63) is 35.1 Å². The monoisotopic (exact) mass is 317 g/mol. The second kappa shape index (κ2) is 7.81. The van der Waals surface area contributed by atoms with Gasteiger partial charge in [0.15, 0.2) is 0 Å². The average Bonchev–Trinajstić information content (AvgIpc) is 2.85. The molecule has 2 N–H and O–H groups in total. The van der Waals surface area contributed by atoms with Gasteiger partial charge in [0.05, 0.1) is 12.7 Å².